The van der Waals surface area contributed by atoms with Crippen molar-refractivity contribution in [3.05, 3.63) is 53.0 Å². The fourth-order valence-corrected chi connectivity index (χ4v) is 2.96. The van der Waals surface area contributed by atoms with Gasteiger partial charge in [0.15, 0.2) is 0 Å². The van der Waals surface area contributed by atoms with Gasteiger partial charge in [0.2, 0.25) is 5.91 Å². The average Bonchev–Trinajstić information content (AvgIpc) is 2.98. The summed E-state index contributed by atoms with van der Waals surface area (Å²) in [7, 11) is 1.66. The highest BCUT2D eigenvalue weighted by Gasteiger charge is 2.14. The number of carbonyl (C=O) groups excluding carboxylic acids is 1. The van der Waals surface area contributed by atoms with Gasteiger partial charge in [0.1, 0.15) is 12.4 Å². The Kier molecular flexibility index (Phi) is 5.83. The zero-order valence-corrected chi connectivity index (χ0v) is 15.6. The number of nitrogens with zero attached hydrogens (tertiary/aromatic N) is 2. The van der Waals surface area contributed by atoms with Gasteiger partial charge in [-0.15, -0.1) is 0 Å². The first-order valence-electron chi connectivity index (χ1n) is 8.16. The maximum absolute atomic E-state index is 12.3. The van der Waals surface area contributed by atoms with E-state index in [1.165, 1.54) is 0 Å². The minimum atomic E-state index is -0.0300. The smallest absolute Gasteiger partial charge is 0.240 e. The van der Waals surface area contributed by atoms with E-state index < -0.39 is 0 Å². The van der Waals surface area contributed by atoms with Crippen LogP contribution in [0.25, 0.3) is 22.4 Å². The van der Waals surface area contributed by atoms with Gasteiger partial charge in [0.05, 0.1) is 11.0 Å². The molecule has 5 nitrogen and oxygen atoms in total. The van der Waals surface area contributed by atoms with Gasteiger partial charge in [-0.25, -0.2) is 4.98 Å². The van der Waals surface area contributed by atoms with Crippen LogP contribution < -0.4 is 5.32 Å². The standard InChI is InChI=1S/C19H20BrN3O2/c1-25-12-4-11-21-18(24)13-23-17-6-3-2-5-16(17)22-19(23)14-7-9-15(20)10-8-14/h2-3,5-10H,4,11-13H2,1H3,(H,21,24). The van der Waals surface area contributed by atoms with Crippen LogP contribution in [0.3, 0.4) is 0 Å². The van der Waals surface area contributed by atoms with Gasteiger partial charge in [0, 0.05) is 30.3 Å². The summed E-state index contributed by atoms with van der Waals surface area (Å²) in [4.78, 5) is 17.1. The summed E-state index contributed by atoms with van der Waals surface area (Å²) in [5, 5.41) is 2.93. The number of methoxy groups -OCH3 is 1. The zero-order valence-electron chi connectivity index (χ0n) is 14.0. The van der Waals surface area contributed by atoms with Crippen molar-refractivity contribution in [2.24, 2.45) is 0 Å². The van der Waals surface area contributed by atoms with Crippen LogP contribution in [0.1, 0.15) is 6.42 Å². The highest BCUT2D eigenvalue weighted by molar-refractivity contribution is 9.10. The Balaban J connectivity index is 1.88. The molecule has 0 fully saturated rings. The lowest BCUT2D eigenvalue weighted by Gasteiger charge is -2.10. The molecule has 0 aliphatic carbocycles. The predicted molar refractivity (Wildman–Crippen MR) is 102 cm³/mol. The number of nitrogens with one attached hydrogen (secondary N) is 1. The maximum Gasteiger partial charge on any atom is 0.240 e. The molecule has 1 heterocycles. The molecule has 0 aliphatic rings. The fourth-order valence-electron chi connectivity index (χ4n) is 2.70. The average molecular weight is 402 g/mol. The minimum absolute atomic E-state index is 0.0300. The first-order chi connectivity index (χ1) is 12.2. The number of aromatic nitrogens is 2. The highest BCUT2D eigenvalue weighted by atomic mass is 79.9. The van der Waals surface area contributed by atoms with Gasteiger partial charge in [-0.1, -0.05) is 40.2 Å². The van der Waals surface area contributed by atoms with Gasteiger partial charge in [-0.05, 0) is 30.7 Å². The monoisotopic (exact) mass is 401 g/mol. The molecule has 130 valence electrons. The van der Waals surface area contributed by atoms with Gasteiger partial charge >= 0.3 is 0 Å². The summed E-state index contributed by atoms with van der Waals surface area (Å²) >= 11 is 3.45. The summed E-state index contributed by atoms with van der Waals surface area (Å²) in [5.74, 6) is 0.762. The quantitative estimate of drug-likeness (QED) is 0.615. The minimum Gasteiger partial charge on any atom is -0.385 e. The summed E-state index contributed by atoms with van der Waals surface area (Å²) in [6, 6.07) is 15.8. The zero-order chi connectivity index (χ0) is 17.6. The van der Waals surface area contributed by atoms with Crippen molar-refractivity contribution < 1.29 is 9.53 Å². The molecular weight excluding hydrogens is 382 g/mol. The second kappa shape index (κ2) is 8.27. The third-order valence-electron chi connectivity index (χ3n) is 3.91. The number of hydrogen-bond acceptors (Lipinski definition) is 3. The summed E-state index contributed by atoms with van der Waals surface area (Å²) in [5.41, 5.74) is 2.81. The molecular formula is C19H20BrN3O2. The van der Waals surface area contributed by atoms with Gasteiger partial charge in [0.25, 0.3) is 0 Å². The number of benzene rings is 2. The van der Waals surface area contributed by atoms with Crippen molar-refractivity contribution in [1.82, 2.24) is 14.9 Å². The molecule has 6 heteroatoms. The molecule has 0 radical (unpaired) electrons. The Bertz CT molecular complexity index is 859. The van der Waals surface area contributed by atoms with Crippen LogP contribution in [0.4, 0.5) is 0 Å². The molecule has 2 aromatic carbocycles. The second-order valence-electron chi connectivity index (χ2n) is 5.71. The molecule has 3 aromatic rings. The molecule has 0 saturated heterocycles. The van der Waals surface area contributed by atoms with E-state index in [1.807, 2.05) is 53.1 Å². The van der Waals surface area contributed by atoms with E-state index in [9.17, 15) is 4.79 Å². The molecule has 1 N–H and O–H groups in total. The number of hydrogen-bond donors (Lipinski definition) is 1. The lowest BCUT2D eigenvalue weighted by atomic mass is 10.2. The largest absolute Gasteiger partial charge is 0.385 e. The lowest BCUT2D eigenvalue weighted by Crippen LogP contribution is -2.29. The first kappa shape index (κ1) is 17.6. The third kappa shape index (κ3) is 4.27. The van der Waals surface area contributed by atoms with Crippen molar-refractivity contribution in [2.75, 3.05) is 20.3 Å². The molecule has 25 heavy (non-hydrogen) atoms. The number of halogens is 1. The molecule has 0 atom stereocenters. The van der Waals surface area contributed by atoms with E-state index in [4.69, 9.17) is 9.72 Å². The van der Waals surface area contributed by atoms with Crippen molar-refractivity contribution in [3.8, 4) is 11.4 Å². The van der Waals surface area contributed by atoms with Crippen LogP contribution in [0.2, 0.25) is 0 Å². The lowest BCUT2D eigenvalue weighted by molar-refractivity contribution is -0.121. The third-order valence-corrected chi connectivity index (χ3v) is 4.43. The van der Waals surface area contributed by atoms with Crippen molar-refractivity contribution in [1.29, 1.82) is 0 Å². The second-order valence-corrected chi connectivity index (χ2v) is 6.63. The van der Waals surface area contributed by atoms with E-state index in [2.05, 4.69) is 21.2 Å². The summed E-state index contributed by atoms with van der Waals surface area (Å²) in [6.07, 6.45) is 0.798. The van der Waals surface area contributed by atoms with Crippen molar-refractivity contribution >= 4 is 32.9 Å². The highest BCUT2D eigenvalue weighted by Crippen LogP contribution is 2.26. The van der Waals surface area contributed by atoms with Crippen molar-refractivity contribution in [3.63, 3.8) is 0 Å². The molecule has 1 amide bonds. The van der Waals surface area contributed by atoms with Crippen LogP contribution in [0.5, 0.6) is 0 Å². The van der Waals surface area contributed by atoms with E-state index in [1.54, 1.807) is 7.11 Å². The number of imidazole rings is 1. The summed E-state index contributed by atoms with van der Waals surface area (Å²) in [6.45, 7) is 1.48. The van der Waals surface area contributed by atoms with Crippen molar-refractivity contribution in [2.45, 2.75) is 13.0 Å². The van der Waals surface area contributed by atoms with E-state index in [0.717, 1.165) is 33.3 Å². The Morgan fingerprint density at radius 2 is 1.96 bits per heavy atom. The topological polar surface area (TPSA) is 56.1 Å². The normalized spacial score (nSPS) is 11.0. The molecule has 0 bridgehead atoms. The van der Waals surface area contributed by atoms with Gasteiger partial charge in [-0.3, -0.25) is 4.79 Å². The van der Waals surface area contributed by atoms with Gasteiger partial charge < -0.3 is 14.6 Å². The van der Waals surface area contributed by atoms with E-state index in [-0.39, 0.29) is 12.5 Å². The Labute approximate surface area is 155 Å². The number of fused-ring (bicyclic) bond motifs is 1. The first-order valence-corrected chi connectivity index (χ1v) is 8.95. The van der Waals surface area contributed by atoms with E-state index in [0.29, 0.717) is 13.2 Å². The molecule has 1 aromatic heterocycles. The Morgan fingerprint density at radius 1 is 1.20 bits per heavy atom. The SMILES string of the molecule is COCCCNC(=O)Cn1c(-c2ccc(Br)cc2)nc2ccccc21. The molecule has 0 saturated carbocycles. The predicted octanol–water partition coefficient (Wildman–Crippen LogP) is 3.62. The molecule has 0 unspecified atom stereocenters. The Hall–Kier alpha value is -2.18. The van der Waals surface area contributed by atoms with Crippen LogP contribution >= 0.6 is 15.9 Å². The summed E-state index contributed by atoms with van der Waals surface area (Å²) < 4.78 is 7.98. The Morgan fingerprint density at radius 3 is 2.72 bits per heavy atom. The number of ether oxygens (including phenoxy) is 1. The number of para-hydroxylation sites is 2. The van der Waals surface area contributed by atoms with Crippen LogP contribution in [-0.2, 0) is 16.1 Å². The van der Waals surface area contributed by atoms with Crippen LogP contribution in [-0.4, -0.2) is 35.7 Å². The van der Waals surface area contributed by atoms with Crippen LogP contribution in [0, 0.1) is 0 Å². The molecule has 3 rings (SSSR count). The number of carbonyl (C=O) groups is 1. The number of rotatable bonds is 7. The molecule has 0 aliphatic heterocycles. The molecule has 0 spiro atoms. The van der Waals surface area contributed by atoms with E-state index >= 15 is 0 Å². The van der Waals surface area contributed by atoms with Gasteiger partial charge in [-0.2, -0.15) is 0 Å². The number of amides is 1. The maximum atomic E-state index is 12.3. The fraction of sp³-hybridized carbons (Fsp3) is 0.263. The van der Waals surface area contributed by atoms with Crippen LogP contribution in [0.15, 0.2) is 53.0 Å².